The molecule has 0 bridgehead atoms. The van der Waals surface area contributed by atoms with Crippen LogP contribution in [0.3, 0.4) is 0 Å². The van der Waals surface area contributed by atoms with Gasteiger partial charge in [-0.05, 0) is 32.8 Å². The quantitative estimate of drug-likeness (QED) is 0.522. The molecule has 0 saturated carbocycles. The number of piperidine rings is 2. The van der Waals surface area contributed by atoms with Gasteiger partial charge in [0.25, 0.3) is 0 Å². The Morgan fingerprint density at radius 3 is 2.77 bits per heavy atom. The van der Waals surface area contributed by atoms with Crippen molar-refractivity contribution in [1.29, 1.82) is 0 Å². The Morgan fingerprint density at radius 1 is 1.20 bits per heavy atom. The third-order valence-electron chi connectivity index (χ3n) is 7.19. The van der Waals surface area contributed by atoms with Crippen molar-refractivity contribution >= 4 is 28.6 Å². The number of nitrogens with two attached hydrogens (primary N) is 1. The van der Waals surface area contributed by atoms with E-state index in [1.54, 1.807) is 18.9 Å². The highest BCUT2D eigenvalue weighted by Crippen LogP contribution is 2.32. The number of Topliss-reactive ketones (excluding diaryl/α,β-unsaturated/α-hetero) is 1. The molecule has 1 amide bonds. The highest BCUT2D eigenvalue weighted by atomic mass is 16.2. The number of ketones is 1. The molecule has 182 valence electrons. The first-order valence-corrected chi connectivity index (χ1v) is 12.2. The van der Waals surface area contributed by atoms with Gasteiger partial charge in [-0.2, -0.15) is 0 Å². The van der Waals surface area contributed by atoms with Crippen LogP contribution in [-0.4, -0.2) is 87.2 Å². The van der Waals surface area contributed by atoms with E-state index < -0.39 is 18.1 Å². The first-order chi connectivity index (χ1) is 16.9. The molecule has 0 radical (unpaired) electrons. The molecular formula is C26H31N7O2. The van der Waals surface area contributed by atoms with Gasteiger partial charge in [0.15, 0.2) is 17.9 Å². The van der Waals surface area contributed by atoms with Crippen LogP contribution in [0.1, 0.15) is 31.3 Å². The number of aromatic nitrogens is 2. The first kappa shape index (κ1) is 23.2. The summed E-state index contributed by atoms with van der Waals surface area (Å²) in [4.78, 5) is 47.1. The fraction of sp³-hybridized carbons (Fsp3) is 0.500. The molecule has 2 N–H and O–H groups in total. The standard InChI is InChI=1S/C26H31N7O2/c1-4-5-13-33-22-23(34)19(14-21-28-16(2)18-10-6-7-11-20(18)29-21)25(35)31(3)24(22)30-26(33)32-12-8-9-17(27)15-32/h6-7,10-11,17,19,22,24H,8-9,12-15,27H2,1-3H3. The predicted octanol–water partition coefficient (Wildman–Crippen LogP) is 0.951. The summed E-state index contributed by atoms with van der Waals surface area (Å²) in [5.41, 5.74) is 7.88. The van der Waals surface area contributed by atoms with Gasteiger partial charge in [-0.15, -0.1) is 5.92 Å². The molecule has 4 atom stereocenters. The van der Waals surface area contributed by atoms with Gasteiger partial charge in [0.05, 0.1) is 12.1 Å². The van der Waals surface area contributed by atoms with Crippen LogP contribution in [0.25, 0.3) is 10.9 Å². The summed E-state index contributed by atoms with van der Waals surface area (Å²) in [5, 5.41) is 0.965. The van der Waals surface area contributed by atoms with Crippen molar-refractivity contribution < 1.29 is 9.59 Å². The van der Waals surface area contributed by atoms with Crippen molar-refractivity contribution in [1.82, 2.24) is 24.7 Å². The highest BCUT2D eigenvalue weighted by molar-refractivity contribution is 6.09. The van der Waals surface area contributed by atoms with E-state index in [0.717, 1.165) is 36.0 Å². The summed E-state index contributed by atoms with van der Waals surface area (Å²) >= 11 is 0. The van der Waals surface area contributed by atoms with Gasteiger partial charge in [0, 0.05) is 43.7 Å². The number of carbonyl (C=O) groups excluding carboxylic acids is 2. The second-order valence-corrected chi connectivity index (χ2v) is 9.54. The molecule has 9 nitrogen and oxygen atoms in total. The Labute approximate surface area is 205 Å². The monoisotopic (exact) mass is 473 g/mol. The predicted molar refractivity (Wildman–Crippen MR) is 133 cm³/mol. The molecule has 4 unspecified atom stereocenters. The van der Waals surface area contributed by atoms with Crippen molar-refractivity contribution in [3.8, 4) is 11.8 Å². The van der Waals surface area contributed by atoms with Crippen LogP contribution in [0.5, 0.6) is 0 Å². The second kappa shape index (κ2) is 9.27. The van der Waals surface area contributed by atoms with Crippen molar-refractivity contribution in [3.63, 3.8) is 0 Å². The van der Waals surface area contributed by atoms with E-state index in [9.17, 15) is 9.59 Å². The number of hydrogen-bond acceptors (Lipinski definition) is 8. The topological polar surface area (TPSA) is 108 Å². The third-order valence-corrected chi connectivity index (χ3v) is 7.19. The van der Waals surface area contributed by atoms with Crippen molar-refractivity contribution in [3.05, 3.63) is 35.8 Å². The zero-order valence-electron chi connectivity index (χ0n) is 20.4. The van der Waals surface area contributed by atoms with Gasteiger partial charge in [0.1, 0.15) is 17.8 Å². The number of rotatable bonds is 3. The van der Waals surface area contributed by atoms with Crippen molar-refractivity contribution in [2.45, 2.75) is 51.4 Å². The minimum absolute atomic E-state index is 0.0595. The van der Waals surface area contributed by atoms with Crippen LogP contribution in [0.15, 0.2) is 29.3 Å². The zero-order valence-corrected chi connectivity index (χ0v) is 20.4. The molecule has 35 heavy (non-hydrogen) atoms. The van der Waals surface area contributed by atoms with Crippen LogP contribution < -0.4 is 5.73 Å². The average Bonchev–Trinajstić information content (AvgIpc) is 3.24. The number of benzene rings is 1. The molecule has 1 aromatic carbocycles. The Morgan fingerprint density at radius 2 is 2.00 bits per heavy atom. The maximum absolute atomic E-state index is 13.9. The van der Waals surface area contributed by atoms with Crippen molar-refractivity contribution in [2.75, 3.05) is 26.7 Å². The van der Waals surface area contributed by atoms with E-state index in [2.05, 4.69) is 26.7 Å². The van der Waals surface area contributed by atoms with E-state index in [-0.39, 0.29) is 24.2 Å². The molecule has 3 aliphatic heterocycles. The van der Waals surface area contributed by atoms with Gasteiger partial charge >= 0.3 is 0 Å². The summed E-state index contributed by atoms with van der Waals surface area (Å²) in [6.07, 6.45) is 1.52. The maximum Gasteiger partial charge on any atom is 0.235 e. The Balaban J connectivity index is 1.46. The van der Waals surface area contributed by atoms with E-state index >= 15 is 0 Å². The molecule has 0 aliphatic carbocycles. The summed E-state index contributed by atoms with van der Waals surface area (Å²) < 4.78 is 0. The largest absolute Gasteiger partial charge is 0.341 e. The number of carbonyl (C=O) groups is 2. The number of aliphatic imine (C=N–C) groups is 1. The molecular weight excluding hydrogens is 442 g/mol. The van der Waals surface area contributed by atoms with Gasteiger partial charge in [-0.1, -0.05) is 24.1 Å². The molecule has 1 aromatic heterocycles. The van der Waals surface area contributed by atoms with Crippen LogP contribution >= 0.6 is 0 Å². The number of aryl methyl sites for hydroxylation is 1. The van der Waals surface area contributed by atoms with Crippen LogP contribution in [0, 0.1) is 24.7 Å². The number of guanidine groups is 1. The lowest BCUT2D eigenvalue weighted by Crippen LogP contribution is -2.62. The summed E-state index contributed by atoms with van der Waals surface area (Å²) in [7, 11) is 1.73. The lowest BCUT2D eigenvalue weighted by molar-refractivity contribution is -0.150. The average molecular weight is 474 g/mol. The normalized spacial score (nSPS) is 26.5. The third kappa shape index (κ3) is 4.12. The van der Waals surface area contributed by atoms with Gasteiger partial charge in [-0.3, -0.25) is 9.59 Å². The highest BCUT2D eigenvalue weighted by Gasteiger charge is 2.54. The van der Waals surface area contributed by atoms with E-state index in [4.69, 9.17) is 10.7 Å². The van der Waals surface area contributed by atoms with Crippen LogP contribution in [0.4, 0.5) is 0 Å². The smallest absolute Gasteiger partial charge is 0.235 e. The summed E-state index contributed by atoms with van der Waals surface area (Å²) in [5.74, 6) is 5.99. The Kier molecular flexibility index (Phi) is 6.15. The molecule has 2 aromatic rings. The number of likely N-dealkylation sites (tertiary alicyclic amines) is 2. The molecule has 2 saturated heterocycles. The number of likely N-dealkylation sites (N-methyl/N-ethyl adjacent to an activating group) is 1. The molecule has 4 heterocycles. The number of amides is 1. The number of para-hydroxylation sites is 1. The number of nitrogens with zero attached hydrogens (tertiary/aromatic N) is 6. The van der Waals surface area contributed by atoms with Gasteiger partial charge < -0.3 is 20.4 Å². The van der Waals surface area contributed by atoms with Gasteiger partial charge in [-0.25, -0.2) is 15.0 Å². The maximum atomic E-state index is 13.9. The molecule has 2 fully saturated rings. The first-order valence-electron chi connectivity index (χ1n) is 12.2. The SMILES string of the molecule is CC#CCN1C(N2CCCC(N)C2)=NC2C1C(=O)C(Cc1nc(C)c3ccccc3n1)C(=O)N2C. The van der Waals surface area contributed by atoms with Gasteiger partial charge in [0.2, 0.25) is 5.91 Å². The second-order valence-electron chi connectivity index (χ2n) is 9.54. The summed E-state index contributed by atoms with van der Waals surface area (Å²) in [6, 6.07) is 7.24. The molecule has 9 heteroatoms. The van der Waals surface area contributed by atoms with Crippen molar-refractivity contribution in [2.24, 2.45) is 16.6 Å². The Hall–Kier alpha value is -3.51. The molecule has 5 rings (SSSR count). The zero-order chi connectivity index (χ0) is 24.7. The molecule has 0 spiro atoms. The fourth-order valence-electron chi connectivity index (χ4n) is 5.40. The van der Waals surface area contributed by atoms with E-state index in [1.165, 1.54) is 0 Å². The minimum Gasteiger partial charge on any atom is -0.341 e. The molecule has 3 aliphatic rings. The van der Waals surface area contributed by atoms with Crippen LogP contribution in [0.2, 0.25) is 0 Å². The van der Waals surface area contributed by atoms with E-state index in [1.807, 2.05) is 36.1 Å². The summed E-state index contributed by atoms with van der Waals surface area (Å²) in [6.45, 7) is 5.57. The fourth-order valence-corrected chi connectivity index (χ4v) is 5.40. The van der Waals surface area contributed by atoms with E-state index in [0.29, 0.717) is 24.9 Å². The number of fused-ring (bicyclic) bond motifs is 2. The lowest BCUT2D eigenvalue weighted by atomic mass is 9.87. The van der Waals surface area contributed by atoms with Crippen LogP contribution in [-0.2, 0) is 16.0 Å². The minimum atomic E-state index is -0.864. The number of hydrogen-bond donors (Lipinski definition) is 1. The Bertz CT molecular complexity index is 1260. The lowest BCUT2D eigenvalue weighted by Gasteiger charge is -2.40.